The van der Waals surface area contributed by atoms with Crippen molar-refractivity contribution in [3.63, 3.8) is 0 Å². The van der Waals surface area contributed by atoms with Gasteiger partial charge >= 0.3 is 0 Å². The molecule has 3 heterocycles. The second kappa shape index (κ2) is 3.83. The van der Waals surface area contributed by atoms with Crippen LogP contribution in [0, 0.1) is 0 Å². The molecular formula is C12H7ClN4O2. The van der Waals surface area contributed by atoms with Gasteiger partial charge in [0.2, 0.25) is 6.79 Å². The fourth-order valence-electron chi connectivity index (χ4n) is 2.03. The Morgan fingerprint density at radius 1 is 1.16 bits per heavy atom. The van der Waals surface area contributed by atoms with Gasteiger partial charge in [0.25, 0.3) is 0 Å². The Kier molecular flexibility index (Phi) is 2.13. The molecule has 0 N–H and O–H groups in total. The molecule has 0 fully saturated rings. The molecule has 19 heavy (non-hydrogen) atoms. The summed E-state index contributed by atoms with van der Waals surface area (Å²) in [6.45, 7) is 0.245. The second-order valence-corrected chi connectivity index (χ2v) is 4.36. The zero-order valence-corrected chi connectivity index (χ0v) is 10.3. The van der Waals surface area contributed by atoms with Gasteiger partial charge in [-0.25, -0.2) is 4.98 Å². The van der Waals surface area contributed by atoms with E-state index < -0.39 is 0 Å². The molecule has 0 bridgehead atoms. The van der Waals surface area contributed by atoms with E-state index in [4.69, 9.17) is 21.1 Å². The number of fused-ring (bicyclic) bond motifs is 2. The number of halogens is 1. The van der Waals surface area contributed by atoms with Crippen molar-refractivity contribution in [3.05, 3.63) is 35.7 Å². The van der Waals surface area contributed by atoms with Crippen molar-refractivity contribution in [2.24, 2.45) is 0 Å². The van der Waals surface area contributed by atoms with E-state index in [-0.39, 0.29) is 6.79 Å². The topological polar surface area (TPSA) is 61.5 Å². The molecule has 0 aliphatic carbocycles. The minimum absolute atomic E-state index is 0.245. The molecule has 7 heteroatoms. The standard InChI is InChI=1S/C12H7ClN4O2/c13-10-12-16-15-11(17(12)4-3-14-10)7-1-2-8-9(5-7)19-6-18-8/h1-5H,6H2. The number of rotatable bonds is 1. The monoisotopic (exact) mass is 274 g/mol. The summed E-state index contributed by atoms with van der Waals surface area (Å²) >= 11 is 5.97. The van der Waals surface area contributed by atoms with Gasteiger partial charge < -0.3 is 9.47 Å². The van der Waals surface area contributed by atoms with Crippen LogP contribution in [-0.4, -0.2) is 26.4 Å². The number of hydrogen-bond acceptors (Lipinski definition) is 5. The van der Waals surface area contributed by atoms with Crippen molar-refractivity contribution in [2.75, 3.05) is 6.79 Å². The predicted molar refractivity (Wildman–Crippen MR) is 67.4 cm³/mol. The Morgan fingerprint density at radius 3 is 3.00 bits per heavy atom. The Hall–Kier alpha value is -2.34. The molecule has 94 valence electrons. The molecule has 1 aliphatic rings. The van der Waals surface area contributed by atoms with Crippen LogP contribution < -0.4 is 9.47 Å². The molecule has 4 rings (SSSR count). The summed E-state index contributed by atoms with van der Waals surface area (Å²) in [6, 6.07) is 5.62. The van der Waals surface area contributed by atoms with E-state index in [0.717, 1.165) is 11.3 Å². The first kappa shape index (κ1) is 10.6. The lowest BCUT2D eigenvalue weighted by Gasteiger charge is -2.01. The Bertz CT molecular complexity index is 786. The van der Waals surface area contributed by atoms with Crippen LogP contribution in [0.1, 0.15) is 0 Å². The van der Waals surface area contributed by atoms with Crippen LogP contribution >= 0.6 is 11.6 Å². The van der Waals surface area contributed by atoms with Crippen molar-refractivity contribution >= 4 is 17.2 Å². The van der Waals surface area contributed by atoms with Crippen LogP contribution in [0.2, 0.25) is 5.15 Å². The lowest BCUT2D eigenvalue weighted by atomic mass is 10.2. The smallest absolute Gasteiger partial charge is 0.231 e. The summed E-state index contributed by atoms with van der Waals surface area (Å²) in [6.07, 6.45) is 3.37. The Balaban J connectivity index is 1.93. The zero-order valence-electron chi connectivity index (χ0n) is 9.58. The SMILES string of the molecule is Clc1nccn2c(-c3ccc4c(c3)OCO4)nnc12. The minimum Gasteiger partial charge on any atom is -0.454 e. The van der Waals surface area contributed by atoms with Crippen LogP contribution in [0.5, 0.6) is 11.5 Å². The highest BCUT2D eigenvalue weighted by molar-refractivity contribution is 6.32. The van der Waals surface area contributed by atoms with Crippen LogP contribution in [0.15, 0.2) is 30.6 Å². The molecule has 0 amide bonds. The van der Waals surface area contributed by atoms with E-state index >= 15 is 0 Å². The summed E-state index contributed by atoms with van der Waals surface area (Å²) < 4.78 is 12.4. The first-order valence-corrected chi connectivity index (χ1v) is 5.96. The van der Waals surface area contributed by atoms with Crippen molar-refractivity contribution in [1.29, 1.82) is 0 Å². The highest BCUT2D eigenvalue weighted by Crippen LogP contribution is 2.35. The second-order valence-electron chi connectivity index (χ2n) is 4.00. The van der Waals surface area contributed by atoms with E-state index in [2.05, 4.69) is 15.2 Å². The highest BCUT2D eigenvalue weighted by Gasteiger charge is 2.17. The van der Waals surface area contributed by atoms with Gasteiger partial charge in [-0.1, -0.05) is 11.6 Å². The normalized spacial score (nSPS) is 13.1. The number of aromatic nitrogens is 4. The van der Waals surface area contributed by atoms with E-state index in [1.807, 2.05) is 18.2 Å². The quantitative estimate of drug-likeness (QED) is 0.680. The maximum atomic E-state index is 5.97. The van der Waals surface area contributed by atoms with E-state index in [9.17, 15) is 0 Å². The Labute approximate surface area is 112 Å². The van der Waals surface area contributed by atoms with E-state index in [1.165, 1.54) is 0 Å². The first-order chi connectivity index (χ1) is 9.33. The summed E-state index contributed by atoms with van der Waals surface area (Å²) in [5.74, 6) is 2.12. The van der Waals surface area contributed by atoms with Crippen LogP contribution in [0.4, 0.5) is 0 Å². The lowest BCUT2D eigenvalue weighted by Crippen LogP contribution is -1.93. The van der Waals surface area contributed by atoms with Crippen molar-refractivity contribution in [3.8, 4) is 22.9 Å². The Morgan fingerprint density at radius 2 is 2.05 bits per heavy atom. The van der Waals surface area contributed by atoms with Gasteiger partial charge in [0.05, 0.1) is 0 Å². The molecule has 0 unspecified atom stereocenters. The molecule has 0 atom stereocenters. The van der Waals surface area contributed by atoms with Gasteiger partial charge in [0.1, 0.15) is 0 Å². The third kappa shape index (κ3) is 1.53. The summed E-state index contributed by atoms with van der Waals surface area (Å²) in [5.41, 5.74) is 1.40. The molecule has 0 saturated carbocycles. The molecule has 0 spiro atoms. The highest BCUT2D eigenvalue weighted by atomic mass is 35.5. The van der Waals surface area contributed by atoms with E-state index in [0.29, 0.717) is 22.4 Å². The molecular weight excluding hydrogens is 268 g/mol. The van der Waals surface area contributed by atoms with Gasteiger partial charge in [-0.2, -0.15) is 0 Å². The molecule has 3 aromatic rings. The van der Waals surface area contributed by atoms with Gasteiger partial charge in [-0.15, -0.1) is 10.2 Å². The van der Waals surface area contributed by atoms with Crippen molar-refractivity contribution < 1.29 is 9.47 Å². The number of hydrogen-bond donors (Lipinski definition) is 0. The predicted octanol–water partition coefficient (Wildman–Crippen LogP) is 2.17. The van der Waals surface area contributed by atoms with Crippen LogP contribution in [-0.2, 0) is 0 Å². The molecule has 0 radical (unpaired) electrons. The van der Waals surface area contributed by atoms with Gasteiger partial charge in [0.15, 0.2) is 28.1 Å². The first-order valence-electron chi connectivity index (χ1n) is 5.58. The molecule has 0 saturated heterocycles. The maximum absolute atomic E-state index is 5.97. The van der Waals surface area contributed by atoms with E-state index in [1.54, 1.807) is 16.8 Å². The average Bonchev–Trinajstić information content (AvgIpc) is 3.04. The van der Waals surface area contributed by atoms with Gasteiger partial charge in [0, 0.05) is 18.0 Å². The molecule has 6 nitrogen and oxygen atoms in total. The van der Waals surface area contributed by atoms with Gasteiger partial charge in [-0.05, 0) is 18.2 Å². The fraction of sp³-hybridized carbons (Fsp3) is 0.0833. The van der Waals surface area contributed by atoms with Crippen LogP contribution in [0.25, 0.3) is 17.0 Å². The third-order valence-corrected chi connectivity index (χ3v) is 3.18. The number of benzene rings is 1. The minimum atomic E-state index is 0.245. The third-order valence-electron chi connectivity index (χ3n) is 2.91. The number of nitrogens with zero attached hydrogens (tertiary/aromatic N) is 4. The van der Waals surface area contributed by atoms with Crippen molar-refractivity contribution in [1.82, 2.24) is 19.6 Å². The maximum Gasteiger partial charge on any atom is 0.231 e. The summed E-state index contributed by atoms with van der Waals surface area (Å²) in [5, 5.41) is 8.50. The zero-order chi connectivity index (χ0) is 12.8. The molecule has 2 aromatic heterocycles. The van der Waals surface area contributed by atoms with Crippen LogP contribution in [0.3, 0.4) is 0 Å². The molecule has 1 aromatic carbocycles. The lowest BCUT2D eigenvalue weighted by molar-refractivity contribution is 0.174. The molecule has 1 aliphatic heterocycles. The number of ether oxygens (including phenoxy) is 2. The fourth-order valence-corrected chi connectivity index (χ4v) is 2.21. The summed E-state index contributed by atoms with van der Waals surface area (Å²) in [4.78, 5) is 3.97. The summed E-state index contributed by atoms with van der Waals surface area (Å²) in [7, 11) is 0. The largest absolute Gasteiger partial charge is 0.454 e. The van der Waals surface area contributed by atoms with Gasteiger partial charge in [-0.3, -0.25) is 4.40 Å². The average molecular weight is 275 g/mol. The van der Waals surface area contributed by atoms with Crippen molar-refractivity contribution in [2.45, 2.75) is 0 Å².